The molecule has 1 amide bonds. The van der Waals surface area contributed by atoms with Crippen LogP contribution < -0.4 is 10.0 Å². The fourth-order valence-electron chi connectivity index (χ4n) is 4.00. The molecule has 0 aliphatic heterocycles. The van der Waals surface area contributed by atoms with Crippen LogP contribution in [-0.4, -0.2) is 45.4 Å². The number of benzene rings is 2. The van der Waals surface area contributed by atoms with Crippen molar-refractivity contribution in [1.82, 2.24) is 15.0 Å². The lowest BCUT2D eigenvalue weighted by Gasteiger charge is -2.25. The summed E-state index contributed by atoms with van der Waals surface area (Å²) in [6.45, 7) is 3.98. The van der Waals surface area contributed by atoms with Crippen molar-refractivity contribution in [3.05, 3.63) is 70.5 Å². The van der Waals surface area contributed by atoms with Crippen LogP contribution in [-0.2, 0) is 11.2 Å². The molecular weight excluding hydrogens is 477 g/mol. The molecule has 35 heavy (non-hydrogen) atoms. The van der Waals surface area contributed by atoms with Crippen molar-refractivity contribution in [2.45, 2.75) is 56.4 Å². The van der Waals surface area contributed by atoms with E-state index in [2.05, 4.69) is 44.0 Å². The summed E-state index contributed by atoms with van der Waals surface area (Å²) in [5.74, 6) is -0.435. The van der Waals surface area contributed by atoms with Gasteiger partial charge in [-0.05, 0) is 55.7 Å². The van der Waals surface area contributed by atoms with Crippen LogP contribution in [0.5, 0.6) is 0 Å². The monoisotopic (exact) mass is 509 g/mol. The minimum absolute atomic E-state index is 0.224. The maximum absolute atomic E-state index is 13.4. The average molecular weight is 510 g/mol. The SMILES string of the molecule is C/C=S(/N[C@@H](Cc1ccccc1)C(=O)NC(CC1CC1)B(O)O)c1cccc(-c2csc(C)n2)c1. The maximum atomic E-state index is 13.4. The third-order valence-corrected chi connectivity index (χ3v) is 8.62. The van der Waals surface area contributed by atoms with Gasteiger partial charge in [-0.25, -0.2) is 4.98 Å². The van der Waals surface area contributed by atoms with Gasteiger partial charge in [0.2, 0.25) is 5.91 Å². The van der Waals surface area contributed by atoms with Crippen LogP contribution in [0.1, 0.15) is 36.8 Å². The molecule has 1 fully saturated rings. The van der Waals surface area contributed by atoms with E-state index in [1.54, 1.807) is 11.3 Å². The molecule has 6 nitrogen and oxygen atoms in total. The molecule has 2 aromatic carbocycles. The van der Waals surface area contributed by atoms with E-state index in [0.29, 0.717) is 18.8 Å². The summed E-state index contributed by atoms with van der Waals surface area (Å²) in [4.78, 5) is 19.1. The molecule has 1 aromatic heterocycles. The maximum Gasteiger partial charge on any atom is 0.475 e. The molecule has 2 unspecified atom stereocenters. The molecule has 4 rings (SSSR count). The molecule has 9 heteroatoms. The van der Waals surface area contributed by atoms with E-state index in [-0.39, 0.29) is 5.91 Å². The number of carbonyl (C=O) groups is 1. The normalized spacial score (nSPS) is 16.0. The van der Waals surface area contributed by atoms with Crippen LogP contribution in [0.3, 0.4) is 0 Å². The molecule has 0 saturated heterocycles. The van der Waals surface area contributed by atoms with Crippen molar-refractivity contribution in [3.63, 3.8) is 0 Å². The van der Waals surface area contributed by atoms with Crippen molar-refractivity contribution >= 4 is 40.4 Å². The van der Waals surface area contributed by atoms with Gasteiger partial charge in [0, 0.05) is 15.8 Å². The molecule has 184 valence electrons. The Morgan fingerprint density at radius 3 is 2.63 bits per heavy atom. The van der Waals surface area contributed by atoms with Gasteiger partial charge in [0.25, 0.3) is 0 Å². The number of nitrogens with zero attached hydrogens (tertiary/aromatic N) is 1. The quantitative estimate of drug-likeness (QED) is 0.232. The molecule has 3 aromatic rings. The molecule has 1 aliphatic carbocycles. The minimum atomic E-state index is -1.58. The van der Waals surface area contributed by atoms with Crippen molar-refractivity contribution in [1.29, 1.82) is 0 Å². The number of thiazole rings is 1. The fraction of sp³-hybridized carbons (Fsp3) is 0.346. The topological polar surface area (TPSA) is 94.5 Å². The van der Waals surface area contributed by atoms with E-state index in [4.69, 9.17) is 0 Å². The minimum Gasteiger partial charge on any atom is -0.426 e. The Hall–Kier alpha value is -2.30. The van der Waals surface area contributed by atoms with Crippen molar-refractivity contribution in [2.24, 2.45) is 5.92 Å². The lowest BCUT2D eigenvalue weighted by molar-refractivity contribution is -0.123. The summed E-state index contributed by atoms with van der Waals surface area (Å²) in [6, 6.07) is 17.6. The molecule has 0 bridgehead atoms. The van der Waals surface area contributed by atoms with Crippen LogP contribution in [0.25, 0.3) is 11.3 Å². The van der Waals surface area contributed by atoms with Crippen LogP contribution in [0, 0.1) is 12.8 Å². The second kappa shape index (κ2) is 12.1. The zero-order valence-corrected chi connectivity index (χ0v) is 21.7. The zero-order chi connectivity index (χ0) is 24.8. The molecule has 1 saturated carbocycles. The highest BCUT2D eigenvalue weighted by molar-refractivity contribution is 8.13. The summed E-state index contributed by atoms with van der Waals surface area (Å²) >= 11 is 1.63. The Bertz CT molecular complexity index is 1170. The Morgan fingerprint density at radius 1 is 1.23 bits per heavy atom. The number of hydrogen-bond donors (Lipinski definition) is 4. The van der Waals surface area contributed by atoms with Gasteiger partial charge in [0.1, 0.15) is 0 Å². The van der Waals surface area contributed by atoms with Crippen LogP contribution in [0.2, 0.25) is 0 Å². The number of hydrogen-bond acceptors (Lipinski definition) is 6. The average Bonchev–Trinajstić information content (AvgIpc) is 3.58. The van der Waals surface area contributed by atoms with E-state index in [1.165, 1.54) is 0 Å². The van der Waals surface area contributed by atoms with Gasteiger partial charge in [0.05, 0.1) is 22.7 Å². The first-order valence-corrected chi connectivity index (χ1v) is 14.1. The molecule has 4 N–H and O–H groups in total. The highest BCUT2D eigenvalue weighted by Crippen LogP contribution is 2.34. The van der Waals surface area contributed by atoms with Crippen molar-refractivity contribution in [3.8, 4) is 11.3 Å². The number of aromatic nitrogens is 1. The Kier molecular flexibility index (Phi) is 8.91. The molecule has 1 heterocycles. The van der Waals surface area contributed by atoms with Crippen molar-refractivity contribution in [2.75, 3.05) is 0 Å². The molecular formula is C26H32BN3O3S2. The lowest BCUT2D eigenvalue weighted by atomic mass is 9.76. The number of amides is 1. The van der Waals surface area contributed by atoms with Gasteiger partial charge in [-0.2, -0.15) is 0 Å². The van der Waals surface area contributed by atoms with Gasteiger partial charge < -0.3 is 15.4 Å². The molecule has 1 aliphatic rings. The predicted molar refractivity (Wildman–Crippen MR) is 146 cm³/mol. The third-order valence-electron chi connectivity index (χ3n) is 6.08. The Morgan fingerprint density at radius 2 is 2.00 bits per heavy atom. The van der Waals surface area contributed by atoms with Gasteiger partial charge in [-0.15, -0.1) is 11.3 Å². The standard InChI is InChI=1S/C26H32BN3O3S2/c1-3-35(22-11-7-10-21(16-22)24-17-34-18(2)28-24)30-23(14-19-8-5-4-6-9-19)26(31)29-25(27(32)33)15-20-12-13-20/h3-11,16-17,20,23,25,30,32-33H,12-15H2,1-2H3,(H,29,31)/t23-,25?,35?/m0/s1. The largest absolute Gasteiger partial charge is 0.475 e. The second-order valence-electron chi connectivity index (χ2n) is 8.92. The van der Waals surface area contributed by atoms with Crippen LogP contribution >= 0.6 is 22.0 Å². The smallest absolute Gasteiger partial charge is 0.426 e. The lowest BCUT2D eigenvalue weighted by Crippen LogP contribution is -2.53. The van der Waals surface area contributed by atoms with Gasteiger partial charge in [-0.1, -0.05) is 66.0 Å². The number of rotatable bonds is 11. The highest BCUT2D eigenvalue weighted by atomic mass is 32.2. The molecule has 3 atom stereocenters. The van der Waals surface area contributed by atoms with Crippen molar-refractivity contribution < 1.29 is 14.8 Å². The van der Waals surface area contributed by atoms with Gasteiger partial charge in [0.15, 0.2) is 0 Å². The number of nitrogens with one attached hydrogen (secondary N) is 2. The summed E-state index contributed by atoms with van der Waals surface area (Å²) < 4.78 is 3.54. The highest BCUT2D eigenvalue weighted by Gasteiger charge is 2.34. The van der Waals surface area contributed by atoms with Gasteiger partial charge >= 0.3 is 7.12 Å². The summed E-state index contributed by atoms with van der Waals surface area (Å²) in [7, 11) is -2.08. The number of carbonyl (C=O) groups excluding carboxylic acids is 1. The fourth-order valence-corrected chi connectivity index (χ4v) is 6.14. The summed E-state index contributed by atoms with van der Waals surface area (Å²) in [5, 5.41) is 27.8. The van der Waals surface area contributed by atoms with Crippen LogP contribution in [0.4, 0.5) is 0 Å². The third kappa shape index (κ3) is 7.35. The summed E-state index contributed by atoms with van der Waals surface area (Å²) in [5.41, 5.74) is 3.03. The first-order chi connectivity index (χ1) is 16.9. The van der Waals surface area contributed by atoms with Crippen LogP contribution in [0.15, 0.2) is 64.9 Å². The van der Waals surface area contributed by atoms with Gasteiger partial charge in [-0.3, -0.25) is 9.52 Å². The zero-order valence-electron chi connectivity index (χ0n) is 20.1. The summed E-state index contributed by atoms with van der Waals surface area (Å²) in [6.07, 6.45) is 3.23. The Balaban J connectivity index is 1.56. The van der Waals surface area contributed by atoms with E-state index in [1.807, 2.05) is 50.2 Å². The second-order valence-corrected chi connectivity index (χ2v) is 11.8. The van der Waals surface area contributed by atoms with E-state index in [0.717, 1.165) is 39.6 Å². The first-order valence-electron chi connectivity index (χ1n) is 11.9. The number of aryl methyl sites for hydroxylation is 1. The Labute approximate surface area is 214 Å². The first kappa shape index (κ1) is 25.8. The van der Waals surface area contributed by atoms with E-state index in [9.17, 15) is 14.8 Å². The van der Waals surface area contributed by atoms with E-state index < -0.39 is 29.8 Å². The predicted octanol–water partition coefficient (Wildman–Crippen LogP) is 3.98. The van der Waals surface area contributed by atoms with E-state index >= 15 is 0 Å². The molecule has 0 spiro atoms. The molecule has 0 radical (unpaired) electrons.